The minimum Gasteiger partial charge on any atom is -0.369 e. The minimum atomic E-state index is -3.45. The SMILES string of the molecule is O=C(NCCCS(=O)(=O)N1CCN(c2ccc(F)cc2)CC1)c1ccccc1F. The minimum absolute atomic E-state index is 0.0627. The van der Waals surface area contributed by atoms with Crippen LogP contribution in [0, 0.1) is 11.6 Å². The van der Waals surface area contributed by atoms with Crippen molar-refractivity contribution in [3.05, 3.63) is 65.7 Å². The van der Waals surface area contributed by atoms with Gasteiger partial charge in [0.2, 0.25) is 10.0 Å². The van der Waals surface area contributed by atoms with Crippen molar-refractivity contribution >= 4 is 21.6 Å². The first-order chi connectivity index (χ1) is 13.9. The smallest absolute Gasteiger partial charge is 0.254 e. The summed E-state index contributed by atoms with van der Waals surface area (Å²) in [6.07, 6.45) is 0.237. The van der Waals surface area contributed by atoms with E-state index in [1.807, 2.05) is 4.90 Å². The Bertz CT molecular complexity index is 944. The van der Waals surface area contributed by atoms with Gasteiger partial charge in [0.25, 0.3) is 5.91 Å². The molecule has 0 saturated carbocycles. The third-order valence-corrected chi connectivity index (χ3v) is 6.76. The molecule has 2 aromatic rings. The molecule has 0 unspecified atom stereocenters. The van der Waals surface area contributed by atoms with E-state index < -0.39 is 21.7 Å². The van der Waals surface area contributed by atoms with Crippen LogP contribution in [-0.2, 0) is 10.0 Å². The number of nitrogens with one attached hydrogen (secondary N) is 1. The Balaban J connectivity index is 1.44. The Morgan fingerprint density at radius 2 is 1.62 bits per heavy atom. The molecule has 9 heteroatoms. The van der Waals surface area contributed by atoms with Crippen molar-refractivity contribution in [2.24, 2.45) is 0 Å². The molecule has 3 rings (SSSR count). The standard InChI is InChI=1S/C20H23F2N3O3S/c21-16-6-8-17(9-7-16)24-11-13-25(14-12-24)29(27,28)15-3-10-23-20(26)18-4-1-2-5-19(18)22/h1-2,4-9H,3,10-15H2,(H,23,26). The Morgan fingerprint density at radius 1 is 0.966 bits per heavy atom. The molecule has 2 aromatic carbocycles. The number of benzene rings is 2. The summed E-state index contributed by atoms with van der Waals surface area (Å²) in [6, 6.07) is 11.8. The molecule has 29 heavy (non-hydrogen) atoms. The van der Waals surface area contributed by atoms with Gasteiger partial charge < -0.3 is 10.2 Å². The zero-order valence-electron chi connectivity index (χ0n) is 15.9. The maximum Gasteiger partial charge on any atom is 0.254 e. The molecule has 6 nitrogen and oxygen atoms in total. The molecule has 1 heterocycles. The Kier molecular flexibility index (Phi) is 6.81. The van der Waals surface area contributed by atoms with Crippen molar-refractivity contribution in [2.45, 2.75) is 6.42 Å². The Hall–Kier alpha value is -2.52. The number of rotatable bonds is 7. The zero-order chi connectivity index (χ0) is 20.9. The highest BCUT2D eigenvalue weighted by atomic mass is 32.2. The molecule has 0 radical (unpaired) electrons. The van der Waals surface area contributed by atoms with E-state index in [4.69, 9.17) is 0 Å². The molecule has 1 fully saturated rings. The van der Waals surface area contributed by atoms with Gasteiger partial charge in [-0.2, -0.15) is 4.31 Å². The normalized spacial score (nSPS) is 15.3. The molecule has 1 amide bonds. The van der Waals surface area contributed by atoms with Crippen LogP contribution < -0.4 is 10.2 Å². The fraction of sp³-hybridized carbons (Fsp3) is 0.350. The summed E-state index contributed by atoms with van der Waals surface area (Å²) < 4.78 is 53.1. The lowest BCUT2D eigenvalue weighted by Gasteiger charge is -2.35. The molecule has 1 N–H and O–H groups in total. The van der Waals surface area contributed by atoms with Crippen LogP contribution >= 0.6 is 0 Å². The molecule has 156 valence electrons. The fourth-order valence-corrected chi connectivity index (χ4v) is 4.69. The van der Waals surface area contributed by atoms with Crippen LogP contribution in [0.1, 0.15) is 16.8 Å². The summed E-state index contributed by atoms with van der Waals surface area (Å²) in [6.45, 7) is 1.88. The first-order valence-corrected chi connectivity index (χ1v) is 11.0. The lowest BCUT2D eigenvalue weighted by Crippen LogP contribution is -2.49. The average Bonchev–Trinajstić information content (AvgIpc) is 2.72. The maximum atomic E-state index is 13.6. The highest BCUT2D eigenvalue weighted by Gasteiger charge is 2.26. The summed E-state index contributed by atoms with van der Waals surface area (Å²) in [5.41, 5.74) is 0.798. The Labute approximate surface area is 169 Å². The van der Waals surface area contributed by atoms with E-state index in [0.717, 1.165) is 5.69 Å². The number of halogens is 2. The lowest BCUT2D eigenvalue weighted by atomic mass is 10.2. The largest absolute Gasteiger partial charge is 0.369 e. The van der Waals surface area contributed by atoms with Crippen LogP contribution in [0.15, 0.2) is 48.5 Å². The highest BCUT2D eigenvalue weighted by molar-refractivity contribution is 7.89. The third kappa shape index (κ3) is 5.51. The lowest BCUT2D eigenvalue weighted by molar-refractivity contribution is 0.0949. The van der Waals surface area contributed by atoms with Crippen molar-refractivity contribution in [3.63, 3.8) is 0 Å². The van der Waals surface area contributed by atoms with Crippen molar-refractivity contribution in [3.8, 4) is 0 Å². The van der Waals surface area contributed by atoms with Crippen LogP contribution in [0.4, 0.5) is 14.5 Å². The number of carbonyl (C=O) groups is 1. The van der Waals surface area contributed by atoms with Crippen LogP contribution in [0.3, 0.4) is 0 Å². The molecule has 0 atom stereocenters. The first kappa shape index (κ1) is 21.2. The molecule has 0 aromatic heterocycles. The molecule has 1 aliphatic rings. The average molecular weight is 423 g/mol. The van der Waals surface area contributed by atoms with Crippen LogP contribution in [-0.4, -0.2) is 57.1 Å². The second-order valence-electron chi connectivity index (χ2n) is 6.77. The summed E-state index contributed by atoms with van der Waals surface area (Å²) >= 11 is 0. The van der Waals surface area contributed by atoms with E-state index in [2.05, 4.69) is 5.32 Å². The van der Waals surface area contributed by atoms with Gasteiger partial charge in [-0.05, 0) is 42.8 Å². The number of amides is 1. The van der Waals surface area contributed by atoms with Crippen molar-refractivity contribution in [2.75, 3.05) is 43.4 Å². The molecule has 0 spiro atoms. The van der Waals surface area contributed by atoms with E-state index in [1.165, 1.54) is 34.6 Å². The predicted molar refractivity (Wildman–Crippen MR) is 107 cm³/mol. The predicted octanol–water partition coefficient (Wildman–Crippen LogP) is 2.24. The van der Waals surface area contributed by atoms with Gasteiger partial charge in [-0.15, -0.1) is 0 Å². The molecule has 0 aliphatic carbocycles. The van der Waals surface area contributed by atoms with Crippen molar-refractivity contribution in [1.29, 1.82) is 0 Å². The van der Waals surface area contributed by atoms with Crippen molar-refractivity contribution < 1.29 is 22.0 Å². The summed E-state index contributed by atoms with van der Waals surface area (Å²) in [7, 11) is -3.45. The van der Waals surface area contributed by atoms with Crippen LogP contribution in [0.2, 0.25) is 0 Å². The topological polar surface area (TPSA) is 69.7 Å². The molecular formula is C20H23F2N3O3S. The highest BCUT2D eigenvalue weighted by Crippen LogP contribution is 2.18. The number of carbonyl (C=O) groups excluding carboxylic acids is 1. The number of hydrogen-bond acceptors (Lipinski definition) is 4. The third-order valence-electron chi connectivity index (χ3n) is 4.81. The van der Waals surface area contributed by atoms with Gasteiger partial charge in [0.1, 0.15) is 11.6 Å². The van der Waals surface area contributed by atoms with E-state index >= 15 is 0 Å². The molecule has 1 saturated heterocycles. The number of sulfonamides is 1. The first-order valence-electron chi connectivity index (χ1n) is 9.38. The van der Waals surface area contributed by atoms with Crippen LogP contribution in [0.5, 0.6) is 0 Å². The van der Waals surface area contributed by atoms with Gasteiger partial charge in [-0.1, -0.05) is 12.1 Å². The maximum absolute atomic E-state index is 13.6. The number of piperazine rings is 1. The van der Waals surface area contributed by atoms with Gasteiger partial charge in [0.15, 0.2) is 0 Å². The second kappa shape index (κ2) is 9.32. The van der Waals surface area contributed by atoms with E-state index in [9.17, 15) is 22.0 Å². The van der Waals surface area contributed by atoms with Gasteiger partial charge in [0, 0.05) is 38.4 Å². The molecular weight excluding hydrogens is 400 g/mol. The van der Waals surface area contributed by atoms with Gasteiger partial charge >= 0.3 is 0 Å². The van der Waals surface area contributed by atoms with E-state index in [-0.39, 0.29) is 30.1 Å². The molecule has 0 bridgehead atoms. The van der Waals surface area contributed by atoms with Gasteiger partial charge in [-0.25, -0.2) is 17.2 Å². The number of hydrogen-bond donors (Lipinski definition) is 1. The Morgan fingerprint density at radius 3 is 2.28 bits per heavy atom. The number of nitrogens with zero attached hydrogens (tertiary/aromatic N) is 2. The van der Waals surface area contributed by atoms with Crippen LogP contribution in [0.25, 0.3) is 0 Å². The molecule has 1 aliphatic heterocycles. The quantitative estimate of drug-likeness (QED) is 0.694. The van der Waals surface area contributed by atoms with Gasteiger partial charge in [-0.3, -0.25) is 4.79 Å². The number of anilines is 1. The van der Waals surface area contributed by atoms with Gasteiger partial charge in [0.05, 0.1) is 11.3 Å². The van der Waals surface area contributed by atoms with Crippen molar-refractivity contribution in [1.82, 2.24) is 9.62 Å². The monoisotopic (exact) mass is 423 g/mol. The zero-order valence-corrected chi connectivity index (χ0v) is 16.7. The second-order valence-corrected chi connectivity index (χ2v) is 8.86. The summed E-state index contributed by atoms with van der Waals surface area (Å²) in [4.78, 5) is 14.0. The van der Waals surface area contributed by atoms with E-state index in [1.54, 1.807) is 18.2 Å². The summed E-state index contributed by atoms with van der Waals surface area (Å²) in [5, 5.41) is 2.55. The van der Waals surface area contributed by atoms with E-state index in [0.29, 0.717) is 26.2 Å². The summed E-state index contributed by atoms with van der Waals surface area (Å²) in [5.74, 6) is -1.58. The fourth-order valence-electron chi connectivity index (χ4n) is 3.20.